The van der Waals surface area contributed by atoms with Crippen molar-refractivity contribution in [3.63, 3.8) is 0 Å². The van der Waals surface area contributed by atoms with Crippen LogP contribution < -0.4 is 0 Å². The van der Waals surface area contributed by atoms with E-state index in [1.54, 1.807) is 4.90 Å². The fourth-order valence-electron chi connectivity index (χ4n) is 3.81. The van der Waals surface area contributed by atoms with Crippen molar-refractivity contribution < 1.29 is 17.6 Å². The van der Waals surface area contributed by atoms with Crippen molar-refractivity contribution in [3.8, 4) is 0 Å². The van der Waals surface area contributed by atoms with Gasteiger partial charge in [0.15, 0.2) is 9.84 Å². The van der Waals surface area contributed by atoms with E-state index in [0.717, 1.165) is 41.8 Å². The fraction of sp³-hybridized carbons (Fsp3) is 0.333. The molecule has 3 aromatic rings. The molecular formula is C21H22FN3O3S. The van der Waals surface area contributed by atoms with Crippen LogP contribution >= 0.6 is 0 Å². The van der Waals surface area contributed by atoms with Crippen molar-refractivity contribution in [2.24, 2.45) is 0 Å². The lowest BCUT2D eigenvalue weighted by molar-refractivity contribution is -0.132. The summed E-state index contributed by atoms with van der Waals surface area (Å²) in [6.07, 6.45) is 1.49. The van der Waals surface area contributed by atoms with Crippen molar-refractivity contribution in [2.45, 2.75) is 42.4 Å². The number of carbonyl (C=O) groups excluding carboxylic acids is 1. The average molecular weight is 415 g/mol. The van der Waals surface area contributed by atoms with E-state index in [0.29, 0.717) is 6.54 Å². The molecular weight excluding hydrogens is 393 g/mol. The molecule has 0 spiro atoms. The molecule has 29 heavy (non-hydrogen) atoms. The van der Waals surface area contributed by atoms with Gasteiger partial charge in [-0.3, -0.25) is 4.79 Å². The standard InChI is InChI=1S/C21H22FN3O3S/c1-14(29(27,28)16-10-8-15(22)9-11-16)13-20(26)25-12-4-7-19(25)21-23-17-5-2-3-6-18(17)24-21/h2-3,5-6,8-11,14,19H,4,7,12-13H2,1H3,(H,23,24). The largest absolute Gasteiger partial charge is 0.340 e. The molecule has 1 N–H and O–H groups in total. The van der Waals surface area contributed by atoms with Gasteiger partial charge >= 0.3 is 0 Å². The molecule has 0 bridgehead atoms. The highest BCUT2D eigenvalue weighted by Crippen LogP contribution is 2.32. The zero-order chi connectivity index (χ0) is 20.6. The average Bonchev–Trinajstić information content (AvgIpc) is 3.34. The molecule has 0 aliphatic carbocycles. The Hall–Kier alpha value is -2.74. The Kier molecular flexibility index (Phi) is 5.12. The maximum atomic E-state index is 13.1. The van der Waals surface area contributed by atoms with Crippen molar-refractivity contribution in [2.75, 3.05) is 6.54 Å². The molecule has 0 radical (unpaired) electrons. The third-order valence-electron chi connectivity index (χ3n) is 5.43. The number of nitrogens with zero attached hydrogens (tertiary/aromatic N) is 2. The number of aromatic amines is 1. The number of amides is 1. The molecule has 1 saturated heterocycles. The number of rotatable bonds is 5. The van der Waals surface area contributed by atoms with Crippen molar-refractivity contribution in [3.05, 3.63) is 60.2 Å². The maximum absolute atomic E-state index is 13.1. The number of nitrogens with one attached hydrogen (secondary N) is 1. The lowest BCUT2D eigenvalue weighted by atomic mass is 10.2. The minimum atomic E-state index is -3.72. The van der Waals surface area contributed by atoms with Gasteiger partial charge in [-0.2, -0.15) is 0 Å². The highest BCUT2D eigenvalue weighted by atomic mass is 32.2. The quantitative estimate of drug-likeness (QED) is 0.645. The Morgan fingerprint density at radius 1 is 1.24 bits per heavy atom. The van der Waals surface area contributed by atoms with E-state index in [2.05, 4.69) is 9.97 Å². The smallest absolute Gasteiger partial charge is 0.224 e. The van der Waals surface area contributed by atoms with Crippen LogP contribution in [0.4, 0.5) is 4.39 Å². The van der Waals surface area contributed by atoms with Gasteiger partial charge in [0.1, 0.15) is 11.6 Å². The molecule has 0 saturated carbocycles. The molecule has 6 nitrogen and oxygen atoms in total. The number of benzene rings is 2. The maximum Gasteiger partial charge on any atom is 0.224 e. The van der Waals surface area contributed by atoms with E-state index >= 15 is 0 Å². The number of sulfone groups is 1. The molecule has 1 fully saturated rings. The van der Waals surface area contributed by atoms with E-state index in [-0.39, 0.29) is 23.3 Å². The summed E-state index contributed by atoms with van der Waals surface area (Å²) in [4.78, 5) is 22.6. The predicted octanol–water partition coefficient (Wildman–Crippen LogP) is 3.62. The van der Waals surface area contributed by atoms with Gasteiger partial charge < -0.3 is 9.88 Å². The van der Waals surface area contributed by atoms with Crippen LogP contribution in [0.25, 0.3) is 11.0 Å². The van der Waals surface area contributed by atoms with Crippen LogP contribution in [0.1, 0.15) is 38.1 Å². The number of carbonyl (C=O) groups is 1. The Morgan fingerprint density at radius 3 is 2.69 bits per heavy atom. The monoisotopic (exact) mass is 415 g/mol. The van der Waals surface area contributed by atoms with Crippen LogP contribution in [-0.4, -0.2) is 41.0 Å². The lowest BCUT2D eigenvalue weighted by Gasteiger charge is -2.24. The zero-order valence-corrected chi connectivity index (χ0v) is 16.8. The van der Waals surface area contributed by atoms with E-state index in [9.17, 15) is 17.6 Å². The molecule has 2 unspecified atom stereocenters. The van der Waals surface area contributed by atoms with Gasteiger partial charge in [0, 0.05) is 13.0 Å². The summed E-state index contributed by atoms with van der Waals surface area (Å²) in [6.45, 7) is 2.09. The predicted molar refractivity (Wildman–Crippen MR) is 107 cm³/mol. The summed E-state index contributed by atoms with van der Waals surface area (Å²) in [5.41, 5.74) is 1.75. The number of para-hydroxylation sites is 2. The van der Waals surface area contributed by atoms with Gasteiger partial charge in [-0.15, -0.1) is 0 Å². The molecule has 1 aliphatic heterocycles. The van der Waals surface area contributed by atoms with E-state index in [4.69, 9.17) is 0 Å². The number of H-pyrrole nitrogens is 1. The summed E-state index contributed by atoms with van der Waals surface area (Å²) >= 11 is 0. The van der Waals surface area contributed by atoms with E-state index < -0.39 is 20.9 Å². The number of fused-ring (bicyclic) bond motifs is 1. The number of hydrogen-bond donors (Lipinski definition) is 1. The first-order valence-electron chi connectivity index (χ1n) is 9.60. The summed E-state index contributed by atoms with van der Waals surface area (Å²) < 4.78 is 38.6. The van der Waals surface area contributed by atoms with Crippen LogP contribution in [0, 0.1) is 5.82 Å². The Labute approximate surface area is 168 Å². The molecule has 4 rings (SSSR count). The number of aromatic nitrogens is 2. The molecule has 8 heteroatoms. The first-order valence-corrected chi connectivity index (χ1v) is 11.1. The summed E-state index contributed by atoms with van der Waals surface area (Å²) in [5.74, 6) is 0.00987. The second-order valence-electron chi connectivity index (χ2n) is 7.40. The fourth-order valence-corrected chi connectivity index (χ4v) is 5.15. The van der Waals surface area contributed by atoms with Gasteiger partial charge in [-0.25, -0.2) is 17.8 Å². The third kappa shape index (κ3) is 3.76. The third-order valence-corrected chi connectivity index (χ3v) is 7.59. The van der Waals surface area contributed by atoms with Crippen molar-refractivity contribution in [1.29, 1.82) is 0 Å². The second-order valence-corrected chi connectivity index (χ2v) is 9.76. The van der Waals surface area contributed by atoms with E-state index in [1.807, 2.05) is 24.3 Å². The van der Waals surface area contributed by atoms with Crippen molar-refractivity contribution in [1.82, 2.24) is 14.9 Å². The van der Waals surface area contributed by atoms with Gasteiger partial charge in [0.2, 0.25) is 5.91 Å². The van der Waals surface area contributed by atoms with Crippen LogP contribution in [0.5, 0.6) is 0 Å². The molecule has 152 valence electrons. The van der Waals surface area contributed by atoms with Crippen molar-refractivity contribution >= 4 is 26.8 Å². The molecule has 2 heterocycles. The Balaban J connectivity index is 1.51. The lowest BCUT2D eigenvalue weighted by Crippen LogP contribution is -2.34. The van der Waals surface area contributed by atoms with E-state index in [1.165, 1.54) is 19.1 Å². The van der Waals surface area contributed by atoms with Gasteiger partial charge in [0.05, 0.1) is 27.2 Å². The summed E-state index contributed by atoms with van der Waals surface area (Å²) in [7, 11) is -3.72. The van der Waals surface area contributed by atoms with Crippen LogP contribution in [0.15, 0.2) is 53.4 Å². The zero-order valence-electron chi connectivity index (χ0n) is 16.0. The molecule has 1 aliphatic rings. The minimum Gasteiger partial charge on any atom is -0.340 e. The van der Waals surface area contributed by atoms with Gasteiger partial charge in [-0.1, -0.05) is 12.1 Å². The van der Waals surface area contributed by atoms with Gasteiger partial charge in [0.25, 0.3) is 0 Å². The number of hydrogen-bond acceptors (Lipinski definition) is 4. The topological polar surface area (TPSA) is 83.1 Å². The highest BCUT2D eigenvalue weighted by molar-refractivity contribution is 7.92. The van der Waals surface area contributed by atoms with Crippen LogP contribution in [0.3, 0.4) is 0 Å². The Bertz CT molecular complexity index is 1110. The minimum absolute atomic E-state index is 0.0226. The summed E-state index contributed by atoms with van der Waals surface area (Å²) in [6, 6.07) is 12.2. The second kappa shape index (κ2) is 7.59. The first-order chi connectivity index (χ1) is 13.9. The Morgan fingerprint density at radius 2 is 1.97 bits per heavy atom. The SMILES string of the molecule is CC(CC(=O)N1CCCC1c1nc2ccccc2[nH]1)S(=O)(=O)c1ccc(F)cc1. The number of halogens is 1. The molecule has 1 amide bonds. The molecule has 2 aromatic carbocycles. The summed E-state index contributed by atoms with van der Waals surface area (Å²) in [5, 5.41) is -0.905. The molecule has 2 atom stereocenters. The van der Waals surface area contributed by atoms with Crippen LogP contribution in [0.2, 0.25) is 0 Å². The first kappa shape index (κ1) is 19.6. The molecule has 1 aromatic heterocycles. The number of imidazole rings is 1. The van der Waals surface area contributed by atoms with Crippen LogP contribution in [-0.2, 0) is 14.6 Å². The highest BCUT2D eigenvalue weighted by Gasteiger charge is 2.35. The normalized spacial score (nSPS) is 18.3. The number of likely N-dealkylation sites (tertiary alicyclic amines) is 1. The van der Waals surface area contributed by atoms with Gasteiger partial charge in [-0.05, 0) is 56.2 Å².